The highest BCUT2D eigenvalue weighted by Crippen LogP contribution is 2.41. The zero-order chi connectivity index (χ0) is 46.8. The van der Waals surface area contributed by atoms with Crippen molar-refractivity contribution in [3.05, 3.63) is 267 Å². The van der Waals surface area contributed by atoms with Gasteiger partial charge < -0.3 is 9.47 Å². The Kier molecular flexibility index (Phi) is 13.7. The zero-order valence-corrected chi connectivity index (χ0v) is 39.4. The first-order chi connectivity index (χ1) is 33.5. The molecule has 0 aliphatic heterocycles. The van der Waals surface area contributed by atoms with E-state index in [1.54, 1.807) is 6.08 Å². The fourth-order valence-corrected chi connectivity index (χ4v) is 9.02. The molecule has 0 saturated heterocycles. The Morgan fingerprint density at radius 2 is 0.750 bits per heavy atom. The number of benzene rings is 10. The lowest BCUT2D eigenvalue weighted by Gasteiger charge is -2.26. The lowest BCUT2D eigenvalue weighted by Crippen LogP contribution is -2.09. The summed E-state index contributed by atoms with van der Waals surface area (Å²) in [6, 6.07) is 85.9. The summed E-state index contributed by atoms with van der Waals surface area (Å²) in [6.07, 6.45) is 5.75. The Morgan fingerprint density at radius 3 is 1.29 bits per heavy atom. The summed E-state index contributed by atoms with van der Waals surface area (Å²) < 4.78 is 2.39. The molecule has 0 spiro atoms. The van der Waals surface area contributed by atoms with Crippen molar-refractivity contribution in [3.8, 4) is 50.2 Å². The molecular weight excluding hydrogens is 821 g/mol. The van der Waals surface area contributed by atoms with Crippen molar-refractivity contribution in [1.29, 1.82) is 0 Å². The van der Waals surface area contributed by atoms with Crippen LogP contribution in [0.5, 0.6) is 0 Å². The Balaban J connectivity index is 0.000000777. The van der Waals surface area contributed by atoms with Crippen molar-refractivity contribution >= 4 is 49.6 Å². The number of para-hydroxylation sites is 2. The van der Waals surface area contributed by atoms with E-state index in [1.807, 2.05) is 32.9 Å². The molecule has 68 heavy (non-hydrogen) atoms. The largest absolute Gasteiger partial charge is 0.311 e. The van der Waals surface area contributed by atoms with Gasteiger partial charge in [-0.1, -0.05) is 194 Å². The molecule has 330 valence electrons. The molecule has 1 aromatic heterocycles. The fourth-order valence-electron chi connectivity index (χ4n) is 9.02. The summed E-state index contributed by atoms with van der Waals surface area (Å²) in [5.41, 5.74) is 17.9. The van der Waals surface area contributed by atoms with Gasteiger partial charge in [0.1, 0.15) is 0 Å². The van der Waals surface area contributed by atoms with E-state index in [-0.39, 0.29) is 0 Å². The minimum atomic E-state index is 1.11. The van der Waals surface area contributed by atoms with Crippen LogP contribution in [-0.2, 0) is 0 Å². The molecule has 0 saturated carbocycles. The molecule has 0 radical (unpaired) electrons. The first-order valence-corrected chi connectivity index (χ1v) is 23.5. The van der Waals surface area contributed by atoms with Crippen molar-refractivity contribution in [2.24, 2.45) is 0 Å². The van der Waals surface area contributed by atoms with Gasteiger partial charge in [0.15, 0.2) is 0 Å². The molecule has 0 aliphatic rings. The van der Waals surface area contributed by atoms with Gasteiger partial charge in [0.25, 0.3) is 0 Å². The van der Waals surface area contributed by atoms with Gasteiger partial charge in [0, 0.05) is 33.5 Å². The van der Waals surface area contributed by atoms with Crippen LogP contribution in [-0.4, -0.2) is 4.57 Å². The van der Waals surface area contributed by atoms with E-state index < -0.39 is 0 Å². The van der Waals surface area contributed by atoms with E-state index in [9.17, 15) is 0 Å². The van der Waals surface area contributed by atoms with Crippen LogP contribution in [0.3, 0.4) is 0 Å². The molecule has 11 aromatic rings. The highest BCUT2D eigenvalue weighted by Gasteiger charge is 2.16. The van der Waals surface area contributed by atoms with Gasteiger partial charge >= 0.3 is 0 Å². The number of nitrogens with zero attached hydrogens (tertiary/aromatic N) is 2. The molecule has 0 amide bonds. The Morgan fingerprint density at radius 1 is 0.353 bits per heavy atom. The number of hydrogen-bond acceptors (Lipinski definition) is 1. The minimum Gasteiger partial charge on any atom is -0.311 e. The predicted octanol–water partition coefficient (Wildman–Crippen LogP) is 19.2. The van der Waals surface area contributed by atoms with E-state index in [1.165, 1.54) is 88.3 Å². The van der Waals surface area contributed by atoms with Crippen molar-refractivity contribution in [3.63, 3.8) is 0 Å². The van der Waals surface area contributed by atoms with Crippen molar-refractivity contribution in [2.75, 3.05) is 4.90 Å². The molecule has 1 heterocycles. The average Bonchev–Trinajstić information content (AvgIpc) is 3.73. The van der Waals surface area contributed by atoms with Crippen molar-refractivity contribution in [2.45, 2.75) is 27.7 Å². The molecule has 0 aliphatic carbocycles. The molecule has 0 unspecified atom stereocenters. The quantitative estimate of drug-likeness (QED) is 0.138. The molecule has 11 rings (SSSR count). The molecule has 2 heteroatoms. The van der Waals surface area contributed by atoms with Crippen molar-refractivity contribution < 1.29 is 0 Å². The summed E-state index contributed by atoms with van der Waals surface area (Å²) in [5, 5.41) is 5.02. The first-order valence-electron chi connectivity index (χ1n) is 23.5. The maximum Gasteiger partial charge on any atom is 0.0541 e. The smallest absolute Gasteiger partial charge is 0.0541 e. The van der Waals surface area contributed by atoms with Crippen LogP contribution >= 0.6 is 0 Å². The van der Waals surface area contributed by atoms with Gasteiger partial charge in [0.2, 0.25) is 0 Å². The lowest BCUT2D eigenvalue weighted by molar-refractivity contribution is 1.17. The van der Waals surface area contributed by atoms with E-state index in [0.717, 1.165) is 17.1 Å². The zero-order valence-electron chi connectivity index (χ0n) is 39.4. The van der Waals surface area contributed by atoms with Gasteiger partial charge in [-0.2, -0.15) is 0 Å². The van der Waals surface area contributed by atoms with E-state index in [0.29, 0.717) is 0 Å². The highest BCUT2D eigenvalue weighted by atomic mass is 15.1. The predicted molar refractivity (Wildman–Crippen MR) is 296 cm³/mol. The molecule has 0 atom stereocenters. The number of anilines is 3. The summed E-state index contributed by atoms with van der Waals surface area (Å²) in [4.78, 5) is 2.32. The Bertz CT molecular complexity index is 3450. The maximum absolute atomic E-state index is 3.36. The maximum atomic E-state index is 3.36. The van der Waals surface area contributed by atoms with Gasteiger partial charge in [-0.25, -0.2) is 0 Å². The normalized spacial score (nSPS) is 10.9. The van der Waals surface area contributed by atoms with Crippen LogP contribution in [0, 0.1) is 6.92 Å². The van der Waals surface area contributed by atoms with Crippen LogP contribution in [0.25, 0.3) is 82.8 Å². The lowest BCUT2D eigenvalue weighted by atomic mass is 9.91. The third-order valence-corrected chi connectivity index (χ3v) is 12.4. The molecular formula is C66H56N2. The summed E-state index contributed by atoms with van der Waals surface area (Å²) in [5.74, 6) is 0. The number of fused-ring (bicyclic) bond motifs is 4. The Labute approximate surface area is 402 Å². The first kappa shape index (κ1) is 44.7. The monoisotopic (exact) mass is 876 g/mol. The van der Waals surface area contributed by atoms with Gasteiger partial charge in [-0.15, -0.1) is 6.58 Å². The van der Waals surface area contributed by atoms with E-state index in [2.05, 4.69) is 260 Å². The van der Waals surface area contributed by atoms with Crippen LogP contribution < -0.4 is 4.90 Å². The molecule has 0 N–H and O–H groups in total. The van der Waals surface area contributed by atoms with Gasteiger partial charge in [-0.3, -0.25) is 0 Å². The second-order valence-electron chi connectivity index (χ2n) is 16.9. The van der Waals surface area contributed by atoms with Crippen LogP contribution in [0.15, 0.2) is 261 Å². The number of allylic oxidation sites excluding steroid dienone is 3. The van der Waals surface area contributed by atoms with E-state index in [4.69, 9.17) is 0 Å². The summed E-state index contributed by atoms with van der Waals surface area (Å²) in [7, 11) is 0. The van der Waals surface area contributed by atoms with E-state index >= 15 is 0 Å². The fraction of sp³-hybridized carbons (Fsp3) is 0.0606. The second-order valence-corrected chi connectivity index (χ2v) is 16.9. The molecule has 0 bridgehead atoms. The third-order valence-electron chi connectivity index (χ3n) is 12.4. The number of aromatic nitrogens is 1. The van der Waals surface area contributed by atoms with Crippen LogP contribution in [0.1, 0.15) is 26.3 Å². The summed E-state index contributed by atoms with van der Waals surface area (Å²) in [6.45, 7) is 11.4. The molecule has 2 nitrogen and oxygen atoms in total. The minimum absolute atomic E-state index is 1.11. The number of hydrogen-bond donors (Lipinski definition) is 0. The molecule has 0 fully saturated rings. The highest BCUT2D eigenvalue weighted by molar-refractivity contribution is 6.12. The number of aryl methyl sites for hydroxylation is 1. The van der Waals surface area contributed by atoms with Gasteiger partial charge in [-0.05, 0) is 150 Å². The van der Waals surface area contributed by atoms with Gasteiger partial charge in [0.05, 0.1) is 11.0 Å². The topological polar surface area (TPSA) is 8.17 Å². The number of rotatable bonds is 8. The summed E-state index contributed by atoms with van der Waals surface area (Å²) >= 11 is 0. The van der Waals surface area contributed by atoms with Crippen LogP contribution in [0.4, 0.5) is 17.1 Å². The molecule has 10 aromatic carbocycles. The standard InChI is InChI=1S/C59H42N2.C4H8.C3H6/c1-41-20-31-51(32-21-41)61-58-19-11-10-18-56(58)57-40-47(30-39-59(57)61)53-38-37-52(54-16-8-9-17-55(53)54)46-24-22-43(23-25-46)45-28-35-50(36-29-45)60(48-14-6-3-7-15-48)49-33-26-44(27-34-49)42-12-4-2-5-13-42;1-3-4-2;1-3-2/h2-40H,1H3;3-4H,1-2H3;3H,1H2,2H3/b;4-3-;. The third kappa shape index (κ3) is 9.31. The van der Waals surface area contributed by atoms with Crippen LogP contribution in [0.2, 0.25) is 0 Å². The second kappa shape index (κ2) is 20.8. The van der Waals surface area contributed by atoms with Crippen molar-refractivity contribution in [1.82, 2.24) is 4.57 Å². The SMILES string of the molecule is C/C=C\C.C=CC.Cc1ccc(-n2c3ccccc3c3cc(-c4ccc(-c5ccc(-c6ccc(N(c7ccccc7)c7ccc(-c8ccccc8)cc7)cc6)cc5)c5ccccc45)ccc32)cc1. The average molecular weight is 877 g/mol. The Hall–Kier alpha value is -8.46.